The van der Waals surface area contributed by atoms with Gasteiger partial charge in [0.25, 0.3) is 0 Å². The van der Waals surface area contributed by atoms with Gasteiger partial charge in [-0.2, -0.15) is 5.26 Å². The zero-order valence-corrected chi connectivity index (χ0v) is 14.6. The molecule has 0 aromatic heterocycles. The molecule has 0 aliphatic heterocycles. The Balaban J connectivity index is 1.73. The Labute approximate surface area is 152 Å². The molecule has 1 aliphatic rings. The molecule has 5 heteroatoms. The predicted octanol–water partition coefficient (Wildman–Crippen LogP) is 4.06. The van der Waals surface area contributed by atoms with Crippen molar-refractivity contribution in [2.24, 2.45) is 17.3 Å². The van der Waals surface area contributed by atoms with E-state index in [1.807, 2.05) is 50.2 Å². The Kier molecular flexibility index (Phi) is 4.77. The zero-order valence-electron chi connectivity index (χ0n) is 14.6. The van der Waals surface area contributed by atoms with E-state index in [9.17, 15) is 14.9 Å². The first-order valence-electron chi connectivity index (χ1n) is 8.35. The molecule has 0 amide bonds. The monoisotopic (exact) mass is 349 g/mol. The second-order valence-corrected chi connectivity index (χ2v) is 6.89. The molecular formula is C21H19NO4. The summed E-state index contributed by atoms with van der Waals surface area (Å²) in [4.78, 5) is 23.4. The van der Waals surface area contributed by atoms with E-state index in [0.717, 1.165) is 6.29 Å². The highest BCUT2D eigenvalue weighted by molar-refractivity contribution is 5.84. The largest absolute Gasteiger partial charge is 0.457 e. The van der Waals surface area contributed by atoms with Crippen LogP contribution in [0.25, 0.3) is 0 Å². The van der Waals surface area contributed by atoms with Gasteiger partial charge >= 0.3 is 5.97 Å². The first kappa shape index (κ1) is 17.7. The van der Waals surface area contributed by atoms with E-state index < -0.39 is 23.4 Å². The summed E-state index contributed by atoms with van der Waals surface area (Å²) in [5.74, 6) is -0.166. The number of carbonyl (C=O) groups is 2. The van der Waals surface area contributed by atoms with Gasteiger partial charge in [0.2, 0.25) is 6.10 Å². The van der Waals surface area contributed by atoms with Crippen LogP contribution in [-0.2, 0) is 14.3 Å². The highest BCUT2D eigenvalue weighted by atomic mass is 16.5. The van der Waals surface area contributed by atoms with Crippen LogP contribution in [0.3, 0.4) is 0 Å². The number of ether oxygens (including phenoxy) is 2. The zero-order chi connectivity index (χ0) is 18.7. The van der Waals surface area contributed by atoms with Crippen LogP contribution in [0.4, 0.5) is 0 Å². The molecule has 0 radical (unpaired) electrons. The Morgan fingerprint density at radius 2 is 1.85 bits per heavy atom. The van der Waals surface area contributed by atoms with Gasteiger partial charge in [0.05, 0.1) is 5.92 Å². The smallest absolute Gasteiger partial charge is 0.311 e. The fraction of sp³-hybridized carbons (Fsp3) is 0.286. The normalized spacial score (nSPS) is 21.1. The lowest BCUT2D eigenvalue weighted by Gasteiger charge is -2.13. The lowest BCUT2D eigenvalue weighted by Crippen LogP contribution is -2.14. The third-order valence-electron chi connectivity index (χ3n) is 4.80. The number of benzene rings is 2. The SMILES string of the molecule is CC1(C)C(C=O)C1C(=O)O[C@H](C#N)c1cccc(Oc2ccccc2)c1. The molecule has 0 heterocycles. The second kappa shape index (κ2) is 7.01. The van der Waals surface area contributed by atoms with Crippen molar-refractivity contribution in [1.29, 1.82) is 5.26 Å². The summed E-state index contributed by atoms with van der Waals surface area (Å²) >= 11 is 0. The molecule has 26 heavy (non-hydrogen) atoms. The van der Waals surface area contributed by atoms with Crippen LogP contribution < -0.4 is 4.74 Å². The standard InChI is InChI=1S/C21H19NO4/c1-21(2)17(13-23)19(21)20(24)26-18(12-22)14-7-6-10-16(11-14)25-15-8-4-3-5-9-15/h3-11,13,17-19H,1-2H3/t17?,18-,19?/m1/s1. The van der Waals surface area contributed by atoms with Crippen molar-refractivity contribution in [2.45, 2.75) is 20.0 Å². The second-order valence-electron chi connectivity index (χ2n) is 6.89. The van der Waals surface area contributed by atoms with Crippen molar-refractivity contribution in [1.82, 2.24) is 0 Å². The molecular weight excluding hydrogens is 330 g/mol. The summed E-state index contributed by atoms with van der Waals surface area (Å²) < 4.78 is 11.1. The Morgan fingerprint density at radius 1 is 1.15 bits per heavy atom. The van der Waals surface area contributed by atoms with Gasteiger partial charge in [-0.25, -0.2) is 0 Å². The number of para-hydroxylation sites is 1. The van der Waals surface area contributed by atoms with Crippen LogP contribution in [0.5, 0.6) is 11.5 Å². The minimum Gasteiger partial charge on any atom is -0.457 e. The first-order valence-corrected chi connectivity index (χ1v) is 8.35. The van der Waals surface area contributed by atoms with Crippen molar-refractivity contribution in [3.05, 3.63) is 60.2 Å². The topological polar surface area (TPSA) is 76.4 Å². The molecule has 1 aliphatic carbocycles. The molecule has 0 saturated heterocycles. The number of aldehydes is 1. The van der Waals surface area contributed by atoms with E-state index in [1.165, 1.54) is 0 Å². The predicted molar refractivity (Wildman–Crippen MR) is 94.2 cm³/mol. The number of nitriles is 1. The minimum absolute atomic E-state index is 0.359. The number of esters is 1. The van der Waals surface area contributed by atoms with Crippen molar-refractivity contribution in [2.75, 3.05) is 0 Å². The molecule has 2 aromatic carbocycles. The maximum atomic E-state index is 12.3. The molecule has 1 saturated carbocycles. The quantitative estimate of drug-likeness (QED) is 0.581. The molecule has 0 bridgehead atoms. The van der Waals surface area contributed by atoms with E-state index in [1.54, 1.807) is 24.3 Å². The molecule has 2 aromatic rings. The van der Waals surface area contributed by atoms with Gasteiger partial charge in [-0.05, 0) is 29.7 Å². The van der Waals surface area contributed by atoms with Crippen molar-refractivity contribution >= 4 is 12.3 Å². The van der Waals surface area contributed by atoms with Crippen LogP contribution in [0, 0.1) is 28.6 Å². The molecule has 3 rings (SSSR count). The number of hydrogen-bond donors (Lipinski definition) is 0. The van der Waals surface area contributed by atoms with E-state index in [0.29, 0.717) is 17.1 Å². The van der Waals surface area contributed by atoms with E-state index >= 15 is 0 Å². The van der Waals surface area contributed by atoms with E-state index in [2.05, 4.69) is 0 Å². The Morgan fingerprint density at radius 3 is 2.46 bits per heavy atom. The summed E-state index contributed by atoms with van der Waals surface area (Å²) in [6, 6.07) is 18.1. The molecule has 1 fully saturated rings. The Hall–Kier alpha value is -3.13. The van der Waals surface area contributed by atoms with Gasteiger partial charge in [-0.3, -0.25) is 4.79 Å². The summed E-state index contributed by atoms with van der Waals surface area (Å²) in [6.45, 7) is 3.68. The maximum Gasteiger partial charge on any atom is 0.311 e. The van der Waals surface area contributed by atoms with Crippen molar-refractivity contribution in [3.63, 3.8) is 0 Å². The van der Waals surface area contributed by atoms with Crippen LogP contribution in [0.15, 0.2) is 54.6 Å². The third-order valence-corrected chi connectivity index (χ3v) is 4.80. The maximum absolute atomic E-state index is 12.3. The Bertz CT molecular complexity index is 854. The highest BCUT2D eigenvalue weighted by Gasteiger charge is 2.63. The molecule has 2 unspecified atom stereocenters. The molecule has 0 N–H and O–H groups in total. The third kappa shape index (κ3) is 3.45. The minimum atomic E-state index is -1.05. The summed E-state index contributed by atoms with van der Waals surface area (Å²) in [5.41, 5.74) is 0.104. The average Bonchev–Trinajstić information content (AvgIpc) is 3.21. The van der Waals surface area contributed by atoms with Gasteiger partial charge in [-0.15, -0.1) is 0 Å². The fourth-order valence-corrected chi connectivity index (χ4v) is 3.11. The van der Waals surface area contributed by atoms with E-state index in [4.69, 9.17) is 9.47 Å². The van der Waals surface area contributed by atoms with Crippen LogP contribution in [-0.4, -0.2) is 12.3 Å². The number of carbonyl (C=O) groups excluding carboxylic acids is 2. The number of nitrogens with zero attached hydrogens (tertiary/aromatic N) is 1. The van der Waals surface area contributed by atoms with Gasteiger partial charge in [0.15, 0.2) is 0 Å². The first-order chi connectivity index (χ1) is 12.5. The average molecular weight is 349 g/mol. The summed E-state index contributed by atoms with van der Waals surface area (Å²) in [6.07, 6.45) is -0.271. The van der Waals surface area contributed by atoms with Gasteiger partial charge in [0, 0.05) is 11.5 Å². The number of hydrogen-bond acceptors (Lipinski definition) is 5. The van der Waals surface area contributed by atoms with E-state index in [-0.39, 0.29) is 5.92 Å². The molecule has 132 valence electrons. The summed E-state index contributed by atoms with van der Waals surface area (Å²) in [7, 11) is 0. The van der Waals surface area contributed by atoms with Gasteiger partial charge < -0.3 is 14.3 Å². The molecule has 3 atom stereocenters. The van der Waals surface area contributed by atoms with Crippen molar-refractivity contribution in [3.8, 4) is 17.6 Å². The lowest BCUT2D eigenvalue weighted by molar-refractivity contribution is -0.149. The van der Waals surface area contributed by atoms with Crippen LogP contribution in [0.1, 0.15) is 25.5 Å². The summed E-state index contributed by atoms with van der Waals surface area (Å²) in [5, 5.41) is 9.43. The highest BCUT2D eigenvalue weighted by Crippen LogP contribution is 2.57. The van der Waals surface area contributed by atoms with Gasteiger partial charge in [0.1, 0.15) is 23.9 Å². The number of rotatable bonds is 6. The molecule has 0 spiro atoms. The lowest BCUT2D eigenvalue weighted by atomic mass is 10.1. The van der Waals surface area contributed by atoms with Crippen molar-refractivity contribution < 1.29 is 19.1 Å². The van der Waals surface area contributed by atoms with Crippen LogP contribution in [0.2, 0.25) is 0 Å². The van der Waals surface area contributed by atoms with Gasteiger partial charge in [-0.1, -0.05) is 44.2 Å². The van der Waals surface area contributed by atoms with Crippen LogP contribution >= 0.6 is 0 Å². The molecule has 5 nitrogen and oxygen atoms in total. The fourth-order valence-electron chi connectivity index (χ4n) is 3.11.